The molecule has 0 aliphatic rings. The largest absolute Gasteiger partial charge is 0.418 e. The van der Waals surface area contributed by atoms with Crippen molar-refractivity contribution in [3.63, 3.8) is 0 Å². The number of hydrogen-bond donors (Lipinski definition) is 4. The molecule has 2 atom stereocenters. The summed E-state index contributed by atoms with van der Waals surface area (Å²) in [6.45, 7) is 8.83. The van der Waals surface area contributed by atoms with Crippen molar-refractivity contribution in [2.45, 2.75) is 52.4 Å². The van der Waals surface area contributed by atoms with Crippen molar-refractivity contribution in [2.24, 2.45) is 0 Å². The number of aryl methyl sites for hydroxylation is 1. The molecule has 0 amide bonds. The molecule has 0 saturated heterocycles. The summed E-state index contributed by atoms with van der Waals surface area (Å²) >= 11 is 0. The molecule has 2 aromatic heterocycles. The molecule has 0 bridgehead atoms. The predicted octanol–water partition coefficient (Wildman–Crippen LogP) is 4.19. The molecular weight excluding hydrogens is 527 g/mol. The minimum atomic E-state index is -4.48. The van der Waals surface area contributed by atoms with Crippen molar-refractivity contribution in [3.8, 4) is 11.4 Å². The topological polar surface area (TPSA) is 136 Å². The average Bonchev–Trinajstić information content (AvgIpc) is 2.95. The molecule has 0 fully saturated rings. The van der Waals surface area contributed by atoms with Gasteiger partial charge in [0.1, 0.15) is 17.3 Å². The first-order chi connectivity index (χ1) is 19.0. The van der Waals surface area contributed by atoms with Crippen LogP contribution in [-0.4, -0.2) is 75.6 Å². The summed E-state index contributed by atoms with van der Waals surface area (Å²) in [5.74, 6) is 2.03. The summed E-state index contributed by atoms with van der Waals surface area (Å²) in [5, 5.41) is 31.8. The SMILES string of the molecule is CC[C@H](CO)N(CC)c1cc(NC(C)CO)nc(-c2cc(NC)ccc2C)n1.O=Cc1cc(C(F)(F)F)cnn1. The molecule has 0 spiro atoms. The molecule has 1 aromatic carbocycles. The molecule has 218 valence electrons. The predicted molar refractivity (Wildman–Crippen MR) is 149 cm³/mol. The van der Waals surface area contributed by atoms with E-state index in [1.807, 2.05) is 45.2 Å². The van der Waals surface area contributed by atoms with Gasteiger partial charge in [-0.1, -0.05) is 13.0 Å². The normalized spacial score (nSPS) is 12.6. The number of hydrogen-bond acceptors (Lipinski definition) is 10. The third-order valence-corrected chi connectivity index (χ3v) is 6.03. The molecule has 3 aromatic rings. The third kappa shape index (κ3) is 8.85. The Balaban J connectivity index is 0.000000389. The van der Waals surface area contributed by atoms with E-state index in [-0.39, 0.29) is 37.3 Å². The number of rotatable bonds is 11. The second-order valence-corrected chi connectivity index (χ2v) is 8.96. The number of aldehydes is 1. The van der Waals surface area contributed by atoms with Crippen LogP contribution in [0, 0.1) is 6.92 Å². The van der Waals surface area contributed by atoms with Crippen LogP contribution in [0.15, 0.2) is 36.5 Å². The molecule has 4 N–H and O–H groups in total. The summed E-state index contributed by atoms with van der Waals surface area (Å²) in [7, 11) is 1.88. The molecule has 0 aliphatic carbocycles. The van der Waals surface area contributed by atoms with Crippen LogP contribution in [-0.2, 0) is 6.18 Å². The van der Waals surface area contributed by atoms with Gasteiger partial charge in [-0.3, -0.25) is 4.79 Å². The Morgan fingerprint density at radius 2 is 1.82 bits per heavy atom. The van der Waals surface area contributed by atoms with E-state index >= 15 is 0 Å². The van der Waals surface area contributed by atoms with E-state index in [1.165, 1.54) is 0 Å². The van der Waals surface area contributed by atoms with E-state index in [9.17, 15) is 28.2 Å². The number of benzene rings is 1. The maximum absolute atomic E-state index is 11.9. The summed E-state index contributed by atoms with van der Waals surface area (Å²) in [5.41, 5.74) is 1.71. The van der Waals surface area contributed by atoms with Gasteiger partial charge in [-0.2, -0.15) is 18.3 Å². The quantitative estimate of drug-likeness (QED) is 0.251. The lowest BCUT2D eigenvalue weighted by Gasteiger charge is -2.30. The second kappa shape index (κ2) is 15.1. The number of carbonyl (C=O) groups excluding carboxylic acids is 1. The van der Waals surface area contributed by atoms with E-state index in [0.29, 0.717) is 23.9 Å². The molecule has 13 heteroatoms. The number of anilines is 3. The first-order valence-electron chi connectivity index (χ1n) is 12.8. The fourth-order valence-corrected chi connectivity index (χ4v) is 3.74. The third-order valence-electron chi connectivity index (χ3n) is 6.03. The number of nitrogens with one attached hydrogen (secondary N) is 2. The first kappa shape index (κ1) is 32.4. The van der Waals surface area contributed by atoms with Gasteiger partial charge in [0.05, 0.1) is 31.0 Å². The van der Waals surface area contributed by atoms with E-state index < -0.39 is 11.7 Å². The number of likely N-dealkylation sites (N-methyl/N-ethyl adjacent to an activating group) is 1. The average molecular weight is 564 g/mol. The molecule has 3 rings (SSSR count). The maximum atomic E-state index is 11.9. The van der Waals surface area contributed by atoms with Gasteiger partial charge < -0.3 is 25.7 Å². The van der Waals surface area contributed by atoms with Gasteiger partial charge in [0, 0.05) is 37.0 Å². The van der Waals surface area contributed by atoms with Gasteiger partial charge in [0.2, 0.25) is 0 Å². The Hall–Kier alpha value is -3.84. The highest BCUT2D eigenvalue weighted by atomic mass is 19.4. The number of aromatic nitrogens is 4. The van der Waals surface area contributed by atoms with Crippen molar-refractivity contribution in [1.29, 1.82) is 0 Å². The highest BCUT2D eigenvalue weighted by Crippen LogP contribution is 2.29. The molecule has 0 saturated carbocycles. The van der Waals surface area contributed by atoms with Crippen LogP contribution in [0.3, 0.4) is 0 Å². The van der Waals surface area contributed by atoms with Crippen molar-refractivity contribution >= 4 is 23.6 Å². The van der Waals surface area contributed by atoms with Gasteiger partial charge in [0.15, 0.2) is 12.1 Å². The number of nitrogens with zero attached hydrogens (tertiary/aromatic N) is 5. The lowest BCUT2D eigenvalue weighted by atomic mass is 10.1. The van der Waals surface area contributed by atoms with Crippen LogP contribution >= 0.6 is 0 Å². The van der Waals surface area contributed by atoms with Gasteiger partial charge in [0.25, 0.3) is 0 Å². The molecule has 0 radical (unpaired) electrons. The fourth-order valence-electron chi connectivity index (χ4n) is 3.74. The van der Waals surface area contributed by atoms with Crippen molar-refractivity contribution < 1.29 is 28.2 Å². The van der Waals surface area contributed by atoms with E-state index in [0.717, 1.165) is 35.6 Å². The van der Waals surface area contributed by atoms with E-state index in [4.69, 9.17) is 9.97 Å². The van der Waals surface area contributed by atoms with Crippen LogP contribution < -0.4 is 15.5 Å². The fraction of sp³-hybridized carbons (Fsp3) is 0.444. The highest BCUT2D eigenvalue weighted by molar-refractivity contribution is 5.71. The zero-order valence-corrected chi connectivity index (χ0v) is 23.2. The minimum absolute atomic E-state index is 0.00859. The smallest absolute Gasteiger partial charge is 0.394 e. The lowest BCUT2D eigenvalue weighted by Crippen LogP contribution is -2.38. The van der Waals surface area contributed by atoms with Gasteiger partial charge >= 0.3 is 6.18 Å². The Bertz CT molecular complexity index is 1240. The Morgan fingerprint density at radius 1 is 1.10 bits per heavy atom. The summed E-state index contributed by atoms with van der Waals surface area (Å²) < 4.78 is 35.8. The van der Waals surface area contributed by atoms with Crippen LogP contribution in [0.1, 0.15) is 48.8 Å². The Labute approximate surface area is 231 Å². The van der Waals surface area contributed by atoms with Gasteiger partial charge in [-0.05, 0) is 51.0 Å². The van der Waals surface area contributed by atoms with Gasteiger partial charge in [-0.25, -0.2) is 9.97 Å². The van der Waals surface area contributed by atoms with Crippen LogP contribution in [0.25, 0.3) is 11.4 Å². The van der Waals surface area contributed by atoms with E-state index in [1.54, 1.807) is 0 Å². The molecule has 1 unspecified atom stereocenters. The Morgan fingerprint density at radius 3 is 2.38 bits per heavy atom. The maximum Gasteiger partial charge on any atom is 0.418 e. The number of aliphatic hydroxyl groups is 2. The number of aliphatic hydroxyl groups excluding tert-OH is 2. The molecule has 10 nitrogen and oxygen atoms in total. The summed E-state index contributed by atoms with van der Waals surface area (Å²) in [6, 6.07) is 8.48. The summed E-state index contributed by atoms with van der Waals surface area (Å²) in [6.07, 6.45) is -2.89. The Kier molecular flexibility index (Phi) is 12.2. The number of halogens is 3. The minimum Gasteiger partial charge on any atom is -0.394 e. The standard InChI is InChI=1S/C21H33N5O2.C6H3F3N2O/c1-6-17(13-28)26(7-2)20-11-19(23-15(4)12-27)24-21(25-20)18-10-16(22-5)9-8-14(18)3;7-6(8,9)4-1-5(3-12)11-10-2-4/h8-11,15,17,22,27-28H,6-7,12-13H2,1-5H3,(H,23,24,25);1-3H/t15?,17-;/m1./s1. The lowest BCUT2D eigenvalue weighted by molar-refractivity contribution is -0.137. The zero-order chi connectivity index (χ0) is 29.9. The summed E-state index contributed by atoms with van der Waals surface area (Å²) in [4.78, 5) is 21.6. The molecule has 40 heavy (non-hydrogen) atoms. The number of carbonyl (C=O) groups is 1. The highest BCUT2D eigenvalue weighted by Gasteiger charge is 2.31. The first-order valence-corrected chi connectivity index (χ1v) is 12.8. The van der Waals surface area contributed by atoms with Crippen molar-refractivity contribution in [3.05, 3.63) is 53.3 Å². The number of alkyl halides is 3. The molecule has 0 aliphatic heterocycles. The second-order valence-electron chi connectivity index (χ2n) is 8.96. The van der Waals surface area contributed by atoms with E-state index in [2.05, 4.69) is 39.6 Å². The van der Waals surface area contributed by atoms with Crippen LogP contribution in [0.5, 0.6) is 0 Å². The van der Waals surface area contributed by atoms with Gasteiger partial charge in [-0.15, -0.1) is 5.10 Å². The molecular formula is C27H36F3N7O3. The van der Waals surface area contributed by atoms with Crippen molar-refractivity contribution in [1.82, 2.24) is 20.2 Å². The molecule has 2 heterocycles. The monoisotopic (exact) mass is 563 g/mol. The van der Waals surface area contributed by atoms with Crippen LogP contribution in [0.2, 0.25) is 0 Å². The van der Waals surface area contributed by atoms with Crippen LogP contribution in [0.4, 0.5) is 30.5 Å². The van der Waals surface area contributed by atoms with Crippen molar-refractivity contribution in [2.75, 3.05) is 42.3 Å². The zero-order valence-electron chi connectivity index (χ0n) is 23.2.